The quantitative estimate of drug-likeness (QED) is 0.0955. The maximum absolute atomic E-state index is 11.8. The van der Waals surface area contributed by atoms with E-state index in [0.29, 0.717) is 30.0 Å². The van der Waals surface area contributed by atoms with Crippen molar-refractivity contribution in [1.82, 2.24) is 19.8 Å². The number of thiocarbonyl (C=S) groups is 1. The number of hydrogen-bond acceptors (Lipinski definition) is 12. The predicted molar refractivity (Wildman–Crippen MR) is 151 cm³/mol. The Bertz CT molecular complexity index is 1430. The van der Waals surface area contributed by atoms with Gasteiger partial charge in [0.05, 0.1) is 28.8 Å². The van der Waals surface area contributed by atoms with Crippen LogP contribution in [-0.4, -0.2) is 85.9 Å². The summed E-state index contributed by atoms with van der Waals surface area (Å²) in [6.45, 7) is 0.356. The molecular formula is C28H27N5O8S. The minimum atomic E-state index is -1.19. The van der Waals surface area contributed by atoms with Crippen LogP contribution in [-0.2, 0) is 38.6 Å². The number of aliphatic imine (C=N–C) groups is 1. The van der Waals surface area contributed by atoms with Crippen molar-refractivity contribution in [3.63, 3.8) is 0 Å². The number of aliphatic carboxylic acids is 1. The fraction of sp³-hybridized carbons (Fsp3) is 0.250. The fourth-order valence-corrected chi connectivity index (χ4v) is 4.31. The number of carbonyl (C=O) groups is 4. The van der Waals surface area contributed by atoms with Gasteiger partial charge in [0.25, 0.3) is 12.9 Å². The third-order valence-electron chi connectivity index (χ3n) is 5.96. The number of ether oxygens (including phenoxy) is 2. The number of rotatable bonds is 18. The minimum absolute atomic E-state index is 0.0683. The van der Waals surface area contributed by atoms with E-state index >= 15 is 0 Å². The van der Waals surface area contributed by atoms with Gasteiger partial charge in [-0.15, -0.1) is 0 Å². The molecule has 0 aliphatic heterocycles. The molecule has 13 nitrogen and oxygen atoms in total. The summed E-state index contributed by atoms with van der Waals surface area (Å²) in [6.07, 6.45) is 0.375. The van der Waals surface area contributed by atoms with E-state index in [4.69, 9.17) is 9.47 Å². The monoisotopic (exact) mass is 593 g/mol. The summed E-state index contributed by atoms with van der Waals surface area (Å²) >= 11 is 4.66. The molecule has 0 saturated carbocycles. The number of isothiocyanates is 1. The molecule has 2 heterocycles. The topological polar surface area (TPSA) is 172 Å². The SMILES string of the molecule is O=COCN(Cc1cccc(C(=O)O)n1)[C@@H](Cc1ccc(N=C=S)cc1)CN(CC(=O)O)Cc1cccc(OC=O)n1. The van der Waals surface area contributed by atoms with Crippen LogP contribution in [0, 0.1) is 0 Å². The number of carboxylic acid groups (broad SMARTS) is 2. The van der Waals surface area contributed by atoms with E-state index in [1.165, 1.54) is 12.1 Å². The summed E-state index contributed by atoms with van der Waals surface area (Å²) in [4.78, 5) is 61.1. The number of carbonyl (C=O) groups excluding carboxylic acids is 2. The van der Waals surface area contributed by atoms with E-state index < -0.39 is 18.0 Å². The molecule has 2 N–H and O–H groups in total. The zero-order valence-electron chi connectivity index (χ0n) is 22.2. The molecule has 0 fully saturated rings. The van der Waals surface area contributed by atoms with E-state index in [1.807, 2.05) is 12.1 Å². The normalized spacial score (nSPS) is 11.4. The Morgan fingerprint density at radius 1 is 0.976 bits per heavy atom. The summed E-state index contributed by atoms with van der Waals surface area (Å²) in [5.74, 6) is -2.20. The van der Waals surface area contributed by atoms with Gasteiger partial charge >= 0.3 is 11.9 Å². The van der Waals surface area contributed by atoms with Gasteiger partial charge in [-0.3, -0.25) is 24.2 Å². The first-order chi connectivity index (χ1) is 20.3. The molecule has 2 aromatic heterocycles. The van der Waals surface area contributed by atoms with Crippen molar-refractivity contribution in [3.8, 4) is 5.88 Å². The van der Waals surface area contributed by atoms with Gasteiger partial charge in [-0.1, -0.05) is 24.3 Å². The summed E-state index contributed by atoms with van der Waals surface area (Å²) in [6, 6.07) is 16.1. The molecular weight excluding hydrogens is 566 g/mol. The molecule has 0 aliphatic carbocycles. The summed E-state index contributed by atoms with van der Waals surface area (Å²) < 4.78 is 9.93. The molecule has 14 heteroatoms. The lowest BCUT2D eigenvalue weighted by Gasteiger charge is -2.34. The average Bonchev–Trinajstić information content (AvgIpc) is 2.96. The van der Waals surface area contributed by atoms with Gasteiger partial charge < -0.3 is 19.7 Å². The van der Waals surface area contributed by atoms with E-state index in [1.54, 1.807) is 46.2 Å². The van der Waals surface area contributed by atoms with Crippen LogP contribution in [0.15, 0.2) is 65.7 Å². The molecule has 0 amide bonds. The maximum atomic E-state index is 11.8. The number of carboxylic acids is 2. The van der Waals surface area contributed by atoms with Crippen molar-refractivity contribution >= 4 is 47.9 Å². The Morgan fingerprint density at radius 3 is 2.33 bits per heavy atom. The lowest BCUT2D eigenvalue weighted by Crippen LogP contribution is -2.47. The van der Waals surface area contributed by atoms with Gasteiger partial charge in [0.1, 0.15) is 12.4 Å². The largest absolute Gasteiger partial charge is 0.480 e. The van der Waals surface area contributed by atoms with Crippen molar-refractivity contribution in [2.75, 3.05) is 19.8 Å². The Kier molecular flexibility index (Phi) is 12.4. The van der Waals surface area contributed by atoms with Crippen LogP contribution in [0.1, 0.15) is 27.4 Å². The number of pyridine rings is 2. The van der Waals surface area contributed by atoms with Crippen molar-refractivity contribution in [2.45, 2.75) is 25.6 Å². The third kappa shape index (κ3) is 10.3. The van der Waals surface area contributed by atoms with E-state index in [2.05, 4.69) is 32.3 Å². The molecule has 42 heavy (non-hydrogen) atoms. The van der Waals surface area contributed by atoms with E-state index in [0.717, 1.165) is 5.56 Å². The average molecular weight is 594 g/mol. The number of nitrogens with zero attached hydrogens (tertiary/aromatic N) is 5. The minimum Gasteiger partial charge on any atom is -0.480 e. The fourth-order valence-electron chi connectivity index (χ4n) is 4.21. The summed E-state index contributed by atoms with van der Waals surface area (Å²) in [7, 11) is 0. The zero-order valence-corrected chi connectivity index (χ0v) is 23.1. The van der Waals surface area contributed by atoms with Crippen LogP contribution in [0.3, 0.4) is 0 Å². The van der Waals surface area contributed by atoms with Crippen LogP contribution in [0.25, 0.3) is 0 Å². The highest BCUT2D eigenvalue weighted by atomic mass is 32.1. The van der Waals surface area contributed by atoms with Crippen molar-refractivity contribution in [2.24, 2.45) is 4.99 Å². The lowest BCUT2D eigenvalue weighted by atomic mass is 10.0. The number of hydrogen-bond donors (Lipinski definition) is 2. The van der Waals surface area contributed by atoms with Gasteiger partial charge in [-0.25, -0.2) is 14.8 Å². The highest BCUT2D eigenvalue weighted by Gasteiger charge is 2.25. The standard InChI is InChI=1S/C28H27N5O8S/c34-18-40-17-33(13-23-3-1-5-25(30-23)28(38)39)24(11-20-7-9-21(10-8-20)29-16-42)14-32(15-27(36)37)12-22-4-2-6-26(31-22)41-19-35/h1-10,18-19,24H,11-15,17H2,(H,36,37)(H,38,39)/t24-/m0/s1. The van der Waals surface area contributed by atoms with Crippen LogP contribution in [0.2, 0.25) is 0 Å². The molecule has 3 aromatic rings. The molecule has 1 atom stereocenters. The molecule has 0 saturated heterocycles. The van der Waals surface area contributed by atoms with Crippen LogP contribution >= 0.6 is 12.2 Å². The highest BCUT2D eigenvalue weighted by Crippen LogP contribution is 2.19. The molecule has 0 spiro atoms. The first kappa shape index (κ1) is 31.6. The third-order valence-corrected chi connectivity index (χ3v) is 6.05. The van der Waals surface area contributed by atoms with E-state index in [-0.39, 0.29) is 51.0 Å². The van der Waals surface area contributed by atoms with Crippen molar-refractivity contribution < 1.29 is 38.9 Å². The molecule has 218 valence electrons. The first-order valence-corrected chi connectivity index (χ1v) is 12.9. The van der Waals surface area contributed by atoms with Gasteiger partial charge in [-0.05, 0) is 54.5 Å². The molecule has 0 radical (unpaired) electrons. The van der Waals surface area contributed by atoms with Gasteiger partial charge in [-0.2, -0.15) is 4.99 Å². The second kappa shape index (κ2) is 16.4. The summed E-state index contributed by atoms with van der Waals surface area (Å²) in [5, 5.41) is 21.4. The lowest BCUT2D eigenvalue weighted by molar-refractivity contribution is -0.138. The predicted octanol–water partition coefficient (Wildman–Crippen LogP) is 2.57. The van der Waals surface area contributed by atoms with Crippen molar-refractivity contribution in [3.05, 3.63) is 83.3 Å². The Morgan fingerprint density at radius 2 is 1.69 bits per heavy atom. The highest BCUT2D eigenvalue weighted by molar-refractivity contribution is 7.78. The first-order valence-electron chi connectivity index (χ1n) is 12.5. The second-order valence-corrected chi connectivity index (χ2v) is 9.11. The molecule has 0 unspecified atom stereocenters. The number of aromatic nitrogens is 2. The van der Waals surface area contributed by atoms with Crippen LogP contribution < -0.4 is 4.74 Å². The van der Waals surface area contributed by atoms with Gasteiger partial charge in [0, 0.05) is 31.7 Å². The second-order valence-electron chi connectivity index (χ2n) is 8.93. The maximum Gasteiger partial charge on any atom is 0.354 e. The smallest absolute Gasteiger partial charge is 0.354 e. The zero-order chi connectivity index (χ0) is 30.3. The molecule has 1 aromatic carbocycles. The van der Waals surface area contributed by atoms with Crippen LogP contribution in [0.4, 0.5) is 5.69 Å². The Hall–Kier alpha value is -4.88. The van der Waals surface area contributed by atoms with Crippen molar-refractivity contribution in [1.29, 1.82) is 0 Å². The van der Waals surface area contributed by atoms with Crippen LogP contribution in [0.5, 0.6) is 5.88 Å². The Labute approximate surface area is 246 Å². The molecule has 0 aliphatic rings. The number of aromatic carboxylic acids is 1. The van der Waals surface area contributed by atoms with E-state index in [9.17, 15) is 29.4 Å². The summed E-state index contributed by atoms with van der Waals surface area (Å²) in [5.41, 5.74) is 2.19. The van der Waals surface area contributed by atoms with Gasteiger partial charge in [0.15, 0.2) is 0 Å². The number of benzene rings is 1. The Balaban J connectivity index is 1.97. The molecule has 0 bridgehead atoms. The molecule has 3 rings (SSSR count). The van der Waals surface area contributed by atoms with Gasteiger partial charge in [0.2, 0.25) is 5.88 Å².